The van der Waals surface area contributed by atoms with Gasteiger partial charge in [0.15, 0.2) is 0 Å². The van der Waals surface area contributed by atoms with E-state index in [1.54, 1.807) is 0 Å². The molecule has 24 heavy (non-hydrogen) atoms. The highest BCUT2D eigenvalue weighted by Crippen LogP contribution is 2.24. The maximum Gasteiger partial charge on any atom is 0.311 e. The Morgan fingerprint density at radius 2 is 1.88 bits per heavy atom. The standard InChI is InChI=1S/C18H28N2O3.ClH/c1-13(2)15-7-6-14(3)16(12-15)23-18(22)9-8-17(21)19-10-11-20(4)5;/h6-7,12-13H,8-11H2,1-5H3,(H,19,21);1H. The van der Waals surface area contributed by atoms with Gasteiger partial charge in [0, 0.05) is 19.5 Å². The Labute approximate surface area is 151 Å². The van der Waals surface area contributed by atoms with Gasteiger partial charge >= 0.3 is 5.97 Å². The molecule has 0 atom stereocenters. The minimum atomic E-state index is -0.378. The lowest BCUT2D eigenvalue weighted by Crippen LogP contribution is -2.31. The summed E-state index contributed by atoms with van der Waals surface area (Å²) in [6.45, 7) is 7.44. The topological polar surface area (TPSA) is 58.6 Å². The molecule has 0 aliphatic carbocycles. The number of hydrogen-bond acceptors (Lipinski definition) is 4. The van der Waals surface area contributed by atoms with E-state index >= 15 is 0 Å². The van der Waals surface area contributed by atoms with E-state index in [1.165, 1.54) is 0 Å². The molecule has 1 N–H and O–H groups in total. The lowest BCUT2D eigenvalue weighted by atomic mass is 10.0. The lowest BCUT2D eigenvalue weighted by molar-refractivity contribution is -0.136. The van der Waals surface area contributed by atoms with Gasteiger partial charge in [-0.3, -0.25) is 9.59 Å². The number of amides is 1. The van der Waals surface area contributed by atoms with Crippen molar-refractivity contribution in [1.29, 1.82) is 0 Å². The van der Waals surface area contributed by atoms with Crippen molar-refractivity contribution in [2.75, 3.05) is 27.2 Å². The van der Waals surface area contributed by atoms with Gasteiger partial charge < -0.3 is 15.0 Å². The summed E-state index contributed by atoms with van der Waals surface area (Å²) in [6.07, 6.45) is 0.230. The number of esters is 1. The van der Waals surface area contributed by atoms with Crippen LogP contribution >= 0.6 is 12.4 Å². The van der Waals surface area contributed by atoms with Crippen molar-refractivity contribution in [3.8, 4) is 5.75 Å². The maximum absolute atomic E-state index is 11.9. The number of hydrogen-bond donors (Lipinski definition) is 1. The van der Waals surface area contributed by atoms with Crippen molar-refractivity contribution in [3.63, 3.8) is 0 Å². The Bertz CT molecular complexity index is 545. The minimum Gasteiger partial charge on any atom is -0.426 e. The number of aryl methyl sites for hydroxylation is 1. The highest BCUT2D eigenvalue weighted by Gasteiger charge is 2.12. The first kappa shape index (κ1) is 22.4. The number of ether oxygens (including phenoxy) is 1. The van der Waals surface area contributed by atoms with Crippen molar-refractivity contribution in [2.24, 2.45) is 0 Å². The monoisotopic (exact) mass is 356 g/mol. The zero-order chi connectivity index (χ0) is 17.4. The lowest BCUT2D eigenvalue weighted by Gasteiger charge is -2.12. The van der Waals surface area contributed by atoms with Gasteiger partial charge in [-0.15, -0.1) is 12.4 Å². The quantitative estimate of drug-likeness (QED) is 0.574. The minimum absolute atomic E-state index is 0. The third kappa shape index (κ3) is 8.31. The van der Waals surface area contributed by atoms with Crippen LogP contribution in [0.1, 0.15) is 43.7 Å². The van der Waals surface area contributed by atoms with Gasteiger partial charge in [0.1, 0.15) is 5.75 Å². The molecule has 0 unspecified atom stereocenters. The first-order valence-corrected chi connectivity index (χ1v) is 8.02. The van der Waals surface area contributed by atoms with Crippen molar-refractivity contribution >= 4 is 24.3 Å². The Hall–Kier alpha value is -1.59. The van der Waals surface area contributed by atoms with E-state index in [2.05, 4.69) is 19.2 Å². The molecule has 0 radical (unpaired) electrons. The second-order valence-electron chi connectivity index (χ2n) is 6.31. The van der Waals surface area contributed by atoms with E-state index in [0.717, 1.165) is 17.7 Å². The van der Waals surface area contributed by atoms with Crippen LogP contribution in [-0.4, -0.2) is 44.0 Å². The zero-order valence-corrected chi connectivity index (χ0v) is 16.0. The molecule has 0 heterocycles. The molecule has 6 heteroatoms. The molecule has 0 aliphatic heterocycles. The third-order valence-electron chi connectivity index (χ3n) is 3.54. The van der Waals surface area contributed by atoms with E-state index in [9.17, 15) is 9.59 Å². The summed E-state index contributed by atoms with van der Waals surface area (Å²) in [7, 11) is 3.88. The summed E-state index contributed by atoms with van der Waals surface area (Å²) in [6, 6.07) is 5.89. The van der Waals surface area contributed by atoms with Gasteiger partial charge in [-0.1, -0.05) is 26.0 Å². The zero-order valence-electron chi connectivity index (χ0n) is 15.2. The van der Waals surface area contributed by atoms with Crippen LogP contribution in [0.3, 0.4) is 0 Å². The molecule has 1 rings (SSSR count). The van der Waals surface area contributed by atoms with Crippen LogP contribution in [-0.2, 0) is 9.59 Å². The van der Waals surface area contributed by atoms with E-state index in [4.69, 9.17) is 4.74 Å². The molecular weight excluding hydrogens is 328 g/mol. The molecule has 1 amide bonds. The fourth-order valence-corrected chi connectivity index (χ4v) is 1.98. The average Bonchev–Trinajstić information content (AvgIpc) is 2.46. The fraction of sp³-hybridized carbons (Fsp3) is 0.556. The molecule has 5 nitrogen and oxygen atoms in total. The predicted octanol–water partition coefficient (Wildman–Crippen LogP) is 2.90. The van der Waals surface area contributed by atoms with Gasteiger partial charge in [0.05, 0.1) is 6.42 Å². The highest BCUT2D eigenvalue weighted by atomic mass is 35.5. The SMILES string of the molecule is Cc1ccc(C(C)C)cc1OC(=O)CCC(=O)NCCN(C)C.Cl. The number of benzene rings is 1. The number of rotatable bonds is 8. The summed E-state index contributed by atoms with van der Waals surface area (Å²) >= 11 is 0. The van der Waals surface area contributed by atoms with Gasteiger partial charge in [0.2, 0.25) is 5.91 Å². The second-order valence-corrected chi connectivity index (χ2v) is 6.31. The number of likely N-dealkylation sites (N-methyl/N-ethyl adjacent to an activating group) is 1. The molecule has 136 valence electrons. The molecule has 0 aromatic heterocycles. The third-order valence-corrected chi connectivity index (χ3v) is 3.54. The molecule has 0 saturated carbocycles. The molecule has 0 fully saturated rings. The first-order valence-electron chi connectivity index (χ1n) is 8.02. The van der Waals surface area contributed by atoms with E-state index < -0.39 is 0 Å². The van der Waals surface area contributed by atoms with Gasteiger partial charge in [-0.25, -0.2) is 0 Å². The summed E-state index contributed by atoms with van der Waals surface area (Å²) < 4.78 is 5.40. The van der Waals surface area contributed by atoms with E-state index in [0.29, 0.717) is 18.2 Å². The molecule has 0 saturated heterocycles. The molecule has 1 aromatic carbocycles. The number of halogens is 1. The van der Waals surface area contributed by atoms with Crippen LogP contribution in [0, 0.1) is 6.92 Å². The van der Waals surface area contributed by atoms with Crippen LogP contribution in [0.4, 0.5) is 0 Å². The average molecular weight is 357 g/mol. The number of nitrogens with one attached hydrogen (secondary N) is 1. The molecular formula is C18H29ClN2O3. The molecule has 1 aromatic rings. The maximum atomic E-state index is 11.9. The van der Waals surface area contributed by atoms with Crippen molar-refractivity contribution < 1.29 is 14.3 Å². The van der Waals surface area contributed by atoms with Crippen LogP contribution in [0.15, 0.2) is 18.2 Å². The van der Waals surface area contributed by atoms with Gasteiger partial charge in [-0.05, 0) is 44.1 Å². The van der Waals surface area contributed by atoms with Crippen LogP contribution < -0.4 is 10.1 Å². The summed E-state index contributed by atoms with van der Waals surface area (Å²) in [5, 5.41) is 2.78. The Morgan fingerprint density at radius 3 is 2.46 bits per heavy atom. The van der Waals surface area contributed by atoms with Crippen molar-refractivity contribution in [3.05, 3.63) is 29.3 Å². The summed E-state index contributed by atoms with van der Waals surface area (Å²) in [5.41, 5.74) is 2.04. The normalized spacial score (nSPS) is 10.5. The second kappa shape index (κ2) is 11.0. The molecule has 0 spiro atoms. The van der Waals surface area contributed by atoms with Crippen LogP contribution in [0.25, 0.3) is 0 Å². The van der Waals surface area contributed by atoms with Gasteiger partial charge in [0.25, 0.3) is 0 Å². The number of carbonyl (C=O) groups excluding carboxylic acids is 2. The van der Waals surface area contributed by atoms with E-state index in [-0.39, 0.29) is 37.1 Å². The Morgan fingerprint density at radius 1 is 1.21 bits per heavy atom. The molecule has 0 bridgehead atoms. The summed E-state index contributed by atoms with van der Waals surface area (Å²) in [5.74, 6) is 0.443. The fourth-order valence-electron chi connectivity index (χ4n) is 1.98. The van der Waals surface area contributed by atoms with Crippen LogP contribution in [0.5, 0.6) is 5.75 Å². The predicted molar refractivity (Wildman–Crippen MR) is 98.9 cm³/mol. The number of nitrogens with zero attached hydrogens (tertiary/aromatic N) is 1. The van der Waals surface area contributed by atoms with Crippen LogP contribution in [0.2, 0.25) is 0 Å². The van der Waals surface area contributed by atoms with Crippen molar-refractivity contribution in [1.82, 2.24) is 10.2 Å². The largest absolute Gasteiger partial charge is 0.426 e. The smallest absolute Gasteiger partial charge is 0.311 e. The Kier molecular flexibility index (Phi) is 10.3. The summed E-state index contributed by atoms with van der Waals surface area (Å²) in [4.78, 5) is 25.6. The number of carbonyl (C=O) groups is 2. The van der Waals surface area contributed by atoms with E-state index in [1.807, 2.05) is 44.1 Å². The molecule has 0 aliphatic rings. The highest BCUT2D eigenvalue weighted by molar-refractivity contribution is 5.85. The van der Waals surface area contributed by atoms with Gasteiger partial charge in [-0.2, -0.15) is 0 Å². The first-order chi connectivity index (χ1) is 10.8. The van der Waals surface area contributed by atoms with Crippen molar-refractivity contribution in [2.45, 2.75) is 39.5 Å². The Balaban J connectivity index is 0.00000529.